The fourth-order valence-electron chi connectivity index (χ4n) is 2.00. The van der Waals surface area contributed by atoms with Crippen LogP contribution in [0.4, 0.5) is 17.2 Å². The van der Waals surface area contributed by atoms with E-state index in [1.807, 2.05) is 6.07 Å². The second-order valence-corrected chi connectivity index (χ2v) is 4.37. The van der Waals surface area contributed by atoms with Crippen molar-refractivity contribution in [3.8, 4) is 0 Å². The van der Waals surface area contributed by atoms with Crippen LogP contribution < -0.4 is 11.1 Å². The van der Waals surface area contributed by atoms with Gasteiger partial charge in [-0.2, -0.15) is 0 Å². The molecule has 3 heteroatoms. The minimum atomic E-state index is 0.535. The van der Waals surface area contributed by atoms with E-state index < -0.39 is 0 Å². The smallest absolute Gasteiger partial charge is 0.123 e. The Morgan fingerprint density at radius 3 is 2.24 bits per heavy atom. The number of benzene rings is 1. The summed E-state index contributed by atoms with van der Waals surface area (Å²) >= 11 is 0. The monoisotopic (exact) mass is 227 g/mol. The van der Waals surface area contributed by atoms with Gasteiger partial charge in [0.1, 0.15) is 5.82 Å². The maximum atomic E-state index is 5.56. The highest BCUT2D eigenvalue weighted by Crippen LogP contribution is 2.25. The Bertz CT molecular complexity index is 507. The standard InChI is InChI=1S/C14H17N3/c1-9-6-10(2)14(11(3)7-9)17-12-4-5-13(15)16-8-12/h4-8,17H,1-3H3,(H2,15,16). The minimum absolute atomic E-state index is 0.535. The van der Waals surface area contributed by atoms with Gasteiger partial charge in [0.15, 0.2) is 0 Å². The zero-order valence-corrected chi connectivity index (χ0v) is 10.4. The third-order valence-electron chi connectivity index (χ3n) is 2.73. The molecule has 2 rings (SSSR count). The van der Waals surface area contributed by atoms with E-state index >= 15 is 0 Å². The number of nitrogens with one attached hydrogen (secondary N) is 1. The van der Waals surface area contributed by atoms with Crippen LogP contribution in [-0.2, 0) is 0 Å². The number of pyridine rings is 1. The number of hydrogen-bond acceptors (Lipinski definition) is 3. The number of nitrogen functional groups attached to an aromatic ring is 1. The van der Waals surface area contributed by atoms with Crippen LogP contribution in [0.3, 0.4) is 0 Å². The average molecular weight is 227 g/mol. The van der Waals surface area contributed by atoms with E-state index in [1.54, 1.807) is 12.3 Å². The van der Waals surface area contributed by atoms with E-state index in [-0.39, 0.29) is 0 Å². The number of nitrogens with zero attached hydrogens (tertiary/aromatic N) is 1. The van der Waals surface area contributed by atoms with E-state index in [9.17, 15) is 0 Å². The molecular weight excluding hydrogens is 210 g/mol. The molecule has 0 bridgehead atoms. The lowest BCUT2D eigenvalue weighted by Crippen LogP contribution is -1.98. The van der Waals surface area contributed by atoms with Crippen molar-refractivity contribution >= 4 is 17.2 Å². The van der Waals surface area contributed by atoms with Gasteiger partial charge in [0.25, 0.3) is 0 Å². The first kappa shape index (κ1) is 11.5. The van der Waals surface area contributed by atoms with E-state index in [1.165, 1.54) is 16.7 Å². The lowest BCUT2D eigenvalue weighted by molar-refractivity contribution is 1.29. The molecule has 0 aliphatic rings. The molecule has 0 radical (unpaired) electrons. The van der Waals surface area contributed by atoms with E-state index in [0.717, 1.165) is 11.4 Å². The molecule has 0 saturated heterocycles. The zero-order chi connectivity index (χ0) is 12.4. The molecule has 0 spiro atoms. The first-order valence-corrected chi connectivity index (χ1v) is 5.62. The molecule has 0 amide bonds. The highest BCUT2D eigenvalue weighted by molar-refractivity contribution is 5.67. The van der Waals surface area contributed by atoms with Gasteiger partial charge in [-0.25, -0.2) is 4.98 Å². The minimum Gasteiger partial charge on any atom is -0.384 e. The lowest BCUT2D eigenvalue weighted by Gasteiger charge is -2.13. The zero-order valence-electron chi connectivity index (χ0n) is 10.4. The van der Waals surface area contributed by atoms with E-state index in [0.29, 0.717) is 5.82 Å². The molecule has 1 heterocycles. The van der Waals surface area contributed by atoms with Crippen LogP contribution in [0.1, 0.15) is 16.7 Å². The lowest BCUT2D eigenvalue weighted by atomic mass is 10.1. The van der Waals surface area contributed by atoms with Crippen molar-refractivity contribution in [1.82, 2.24) is 4.98 Å². The van der Waals surface area contributed by atoms with Crippen LogP contribution in [0, 0.1) is 20.8 Å². The average Bonchev–Trinajstić information content (AvgIpc) is 2.26. The maximum absolute atomic E-state index is 5.56. The number of anilines is 3. The Hall–Kier alpha value is -2.03. The first-order valence-electron chi connectivity index (χ1n) is 5.62. The highest BCUT2D eigenvalue weighted by Gasteiger charge is 2.04. The predicted octanol–water partition coefficient (Wildman–Crippen LogP) is 3.33. The van der Waals surface area contributed by atoms with E-state index in [4.69, 9.17) is 5.73 Å². The van der Waals surface area contributed by atoms with Gasteiger partial charge in [-0.15, -0.1) is 0 Å². The molecule has 3 N–H and O–H groups in total. The quantitative estimate of drug-likeness (QED) is 0.827. The van der Waals surface area contributed by atoms with Crippen molar-refractivity contribution in [2.45, 2.75) is 20.8 Å². The van der Waals surface area contributed by atoms with Crippen LogP contribution >= 0.6 is 0 Å². The molecule has 88 valence electrons. The Labute approximate surface area is 102 Å². The van der Waals surface area contributed by atoms with Crippen LogP contribution in [0.5, 0.6) is 0 Å². The van der Waals surface area contributed by atoms with Gasteiger partial charge < -0.3 is 11.1 Å². The first-order chi connectivity index (χ1) is 8.06. The summed E-state index contributed by atoms with van der Waals surface area (Å²) in [4.78, 5) is 4.07. The Balaban J connectivity index is 2.33. The number of rotatable bonds is 2. The van der Waals surface area contributed by atoms with Crippen LogP contribution in [-0.4, -0.2) is 4.98 Å². The van der Waals surface area contributed by atoms with E-state index in [2.05, 4.69) is 43.2 Å². The van der Waals surface area contributed by atoms with Gasteiger partial charge >= 0.3 is 0 Å². The maximum Gasteiger partial charge on any atom is 0.123 e. The summed E-state index contributed by atoms with van der Waals surface area (Å²) in [6.07, 6.45) is 1.74. The third kappa shape index (κ3) is 2.56. The molecule has 17 heavy (non-hydrogen) atoms. The van der Waals surface area contributed by atoms with Crippen LogP contribution in [0.2, 0.25) is 0 Å². The predicted molar refractivity (Wildman–Crippen MR) is 72.6 cm³/mol. The van der Waals surface area contributed by atoms with Gasteiger partial charge in [0.2, 0.25) is 0 Å². The van der Waals surface area contributed by atoms with Crippen molar-refractivity contribution < 1.29 is 0 Å². The number of aryl methyl sites for hydroxylation is 3. The van der Waals surface area contributed by atoms with Gasteiger partial charge in [-0.05, 0) is 44.0 Å². The van der Waals surface area contributed by atoms with Crippen molar-refractivity contribution in [3.63, 3.8) is 0 Å². The molecule has 3 nitrogen and oxygen atoms in total. The third-order valence-corrected chi connectivity index (χ3v) is 2.73. The number of aromatic nitrogens is 1. The summed E-state index contributed by atoms with van der Waals surface area (Å²) in [5.74, 6) is 0.535. The summed E-state index contributed by atoms with van der Waals surface area (Å²) < 4.78 is 0. The summed E-state index contributed by atoms with van der Waals surface area (Å²) in [7, 11) is 0. The molecule has 2 aromatic rings. The molecule has 1 aromatic heterocycles. The SMILES string of the molecule is Cc1cc(C)c(Nc2ccc(N)nc2)c(C)c1. The van der Waals surface area contributed by atoms with Crippen LogP contribution in [0.15, 0.2) is 30.5 Å². The number of hydrogen-bond donors (Lipinski definition) is 2. The van der Waals surface area contributed by atoms with Crippen molar-refractivity contribution in [2.24, 2.45) is 0 Å². The molecule has 1 aromatic carbocycles. The highest BCUT2D eigenvalue weighted by atomic mass is 14.9. The van der Waals surface area contributed by atoms with Gasteiger partial charge in [0.05, 0.1) is 11.9 Å². The van der Waals surface area contributed by atoms with Gasteiger partial charge in [-0.3, -0.25) is 0 Å². The fraction of sp³-hybridized carbons (Fsp3) is 0.214. The van der Waals surface area contributed by atoms with Crippen LogP contribution in [0.25, 0.3) is 0 Å². The second kappa shape index (κ2) is 4.45. The Morgan fingerprint density at radius 2 is 1.71 bits per heavy atom. The Morgan fingerprint density at radius 1 is 1.06 bits per heavy atom. The largest absolute Gasteiger partial charge is 0.384 e. The van der Waals surface area contributed by atoms with Crippen molar-refractivity contribution in [3.05, 3.63) is 47.2 Å². The topological polar surface area (TPSA) is 50.9 Å². The molecule has 0 aliphatic carbocycles. The van der Waals surface area contributed by atoms with Crippen molar-refractivity contribution in [1.29, 1.82) is 0 Å². The Kier molecular flexibility index (Phi) is 3.00. The summed E-state index contributed by atoms with van der Waals surface area (Å²) in [6.45, 7) is 6.31. The fourth-order valence-corrected chi connectivity index (χ4v) is 2.00. The summed E-state index contributed by atoms with van der Waals surface area (Å²) in [5, 5.41) is 3.38. The molecule has 0 aliphatic heterocycles. The van der Waals surface area contributed by atoms with Crippen molar-refractivity contribution in [2.75, 3.05) is 11.1 Å². The molecular formula is C14H17N3. The molecule has 0 saturated carbocycles. The summed E-state index contributed by atoms with van der Waals surface area (Å²) in [5.41, 5.74) is 11.4. The normalized spacial score (nSPS) is 10.3. The molecule has 0 unspecified atom stereocenters. The second-order valence-electron chi connectivity index (χ2n) is 4.37. The van der Waals surface area contributed by atoms with Gasteiger partial charge in [-0.1, -0.05) is 17.7 Å². The van der Waals surface area contributed by atoms with Gasteiger partial charge in [0, 0.05) is 5.69 Å². The molecule has 0 fully saturated rings. The number of nitrogens with two attached hydrogens (primary N) is 1. The summed E-state index contributed by atoms with van der Waals surface area (Å²) in [6, 6.07) is 8.06. The molecule has 0 atom stereocenters.